The Bertz CT molecular complexity index is 727. The molecule has 2 aromatic rings. The van der Waals surface area contributed by atoms with Gasteiger partial charge in [0.1, 0.15) is 0 Å². The number of amides is 2. The predicted octanol–water partition coefficient (Wildman–Crippen LogP) is 5.14. The van der Waals surface area contributed by atoms with Crippen molar-refractivity contribution in [2.24, 2.45) is 0 Å². The number of rotatable bonds is 6. The van der Waals surface area contributed by atoms with Gasteiger partial charge in [0.25, 0.3) is 5.91 Å². The molecule has 0 atom stereocenters. The molecule has 2 aromatic carbocycles. The van der Waals surface area contributed by atoms with E-state index in [-0.39, 0.29) is 11.8 Å². The first-order chi connectivity index (χ1) is 11.5. The van der Waals surface area contributed by atoms with E-state index < -0.39 is 0 Å². The molecular weight excluding hydrogens is 368 g/mol. The Morgan fingerprint density at radius 3 is 2.38 bits per heavy atom. The van der Waals surface area contributed by atoms with E-state index >= 15 is 0 Å². The van der Waals surface area contributed by atoms with Gasteiger partial charge in [-0.25, -0.2) is 0 Å². The van der Waals surface area contributed by atoms with Gasteiger partial charge in [0.05, 0.1) is 0 Å². The minimum absolute atomic E-state index is 0.000427. The number of aryl methyl sites for hydroxylation is 1. The van der Waals surface area contributed by atoms with Crippen molar-refractivity contribution in [2.45, 2.75) is 33.1 Å². The van der Waals surface area contributed by atoms with Crippen LogP contribution in [0.15, 0.2) is 46.9 Å². The molecule has 0 spiro atoms. The number of unbranched alkanes of at least 4 members (excludes halogenated alkanes) is 1. The summed E-state index contributed by atoms with van der Waals surface area (Å²) in [5.74, 6) is -0.177. The van der Waals surface area contributed by atoms with Crippen molar-refractivity contribution in [1.82, 2.24) is 0 Å². The van der Waals surface area contributed by atoms with E-state index in [1.165, 1.54) is 0 Å². The molecule has 126 valence electrons. The molecule has 2 amide bonds. The summed E-state index contributed by atoms with van der Waals surface area (Å²) in [7, 11) is 0. The highest BCUT2D eigenvalue weighted by atomic mass is 79.9. The summed E-state index contributed by atoms with van der Waals surface area (Å²) in [5.41, 5.74) is 3.01. The summed E-state index contributed by atoms with van der Waals surface area (Å²) in [4.78, 5) is 24.0. The topological polar surface area (TPSA) is 58.2 Å². The number of halogens is 1. The molecule has 4 nitrogen and oxygen atoms in total. The standard InChI is InChI=1S/C19H21BrN2O2/c1-3-4-5-18(23)21-16-9-6-14(7-10-16)19(24)22-17-11-8-15(20)12-13(17)2/h6-12H,3-5H2,1-2H3,(H,21,23)(H,22,24). The zero-order valence-electron chi connectivity index (χ0n) is 13.9. The highest BCUT2D eigenvalue weighted by Gasteiger charge is 2.09. The average Bonchev–Trinajstić information content (AvgIpc) is 2.56. The maximum Gasteiger partial charge on any atom is 0.255 e. The van der Waals surface area contributed by atoms with Crippen LogP contribution in [0.2, 0.25) is 0 Å². The molecule has 0 radical (unpaired) electrons. The van der Waals surface area contributed by atoms with Gasteiger partial charge in [-0.05, 0) is 61.4 Å². The van der Waals surface area contributed by atoms with E-state index in [0.29, 0.717) is 17.7 Å². The molecule has 0 saturated heterocycles. The fourth-order valence-electron chi connectivity index (χ4n) is 2.23. The van der Waals surface area contributed by atoms with Crippen LogP contribution in [0.5, 0.6) is 0 Å². The molecule has 0 aliphatic rings. The van der Waals surface area contributed by atoms with E-state index in [9.17, 15) is 9.59 Å². The number of hydrogen-bond acceptors (Lipinski definition) is 2. The molecule has 0 bridgehead atoms. The third-order valence-electron chi connectivity index (χ3n) is 3.62. The molecule has 0 unspecified atom stereocenters. The lowest BCUT2D eigenvalue weighted by molar-refractivity contribution is -0.116. The summed E-state index contributed by atoms with van der Waals surface area (Å²) in [6, 6.07) is 12.6. The van der Waals surface area contributed by atoms with Crippen molar-refractivity contribution in [3.63, 3.8) is 0 Å². The first-order valence-corrected chi connectivity index (χ1v) is 8.76. The number of carbonyl (C=O) groups excluding carboxylic acids is 2. The van der Waals surface area contributed by atoms with E-state index in [1.54, 1.807) is 24.3 Å². The molecular formula is C19H21BrN2O2. The van der Waals surface area contributed by atoms with E-state index in [2.05, 4.69) is 26.6 Å². The van der Waals surface area contributed by atoms with Crippen molar-refractivity contribution in [2.75, 3.05) is 10.6 Å². The third-order valence-corrected chi connectivity index (χ3v) is 4.12. The van der Waals surface area contributed by atoms with E-state index in [1.807, 2.05) is 32.0 Å². The van der Waals surface area contributed by atoms with Crippen LogP contribution in [-0.4, -0.2) is 11.8 Å². The van der Waals surface area contributed by atoms with Crippen LogP contribution in [0, 0.1) is 6.92 Å². The smallest absolute Gasteiger partial charge is 0.255 e. The zero-order valence-corrected chi connectivity index (χ0v) is 15.4. The molecule has 0 aromatic heterocycles. The van der Waals surface area contributed by atoms with Crippen molar-refractivity contribution < 1.29 is 9.59 Å². The largest absolute Gasteiger partial charge is 0.326 e. The normalized spacial score (nSPS) is 10.3. The van der Waals surface area contributed by atoms with Crippen LogP contribution in [0.3, 0.4) is 0 Å². The third kappa shape index (κ3) is 5.20. The van der Waals surface area contributed by atoms with Crippen molar-refractivity contribution in [3.8, 4) is 0 Å². The second-order valence-corrected chi connectivity index (χ2v) is 6.56. The van der Waals surface area contributed by atoms with Crippen LogP contribution in [0.4, 0.5) is 11.4 Å². The SMILES string of the molecule is CCCCC(=O)Nc1ccc(C(=O)Nc2ccc(Br)cc2C)cc1. The maximum atomic E-state index is 12.3. The Morgan fingerprint density at radius 2 is 1.75 bits per heavy atom. The summed E-state index contributed by atoms with van der Waals surface area (Å²) in [5, 5.41) is 5.73. The van der Waals surface area contributed by atoms with E-state index in [0.717, 1.165) is 28.6 Å². The molecule has 0 aliphatic carbocycles. The molecule has 0 heterocycles. The number of hydrogen-bond donors (Lipinski definition) is 2. The first-order valence-electron chi connectivity index (χ1n) is 7.97. The van der Waals surface area contributed by atoms with Gasteiger partial charge in [-0.1, -0.05) is 29.3 Å². The van der Waals surface area contributed by atoms with E-state index in [4.69, 9.17) is 0 Å². The molecule has 0 fully saturated rings. The summed E-state index contributed by atoms with van der Waals surface area (Å²) in [6.45, 7) is 3.99. The zero-order chi connectivity index (χ0) is 17.5. The summed E-state index contributed by atoms with van der Waals surface area (Å²) >= 11 is 3.40. The van der Waals surface area contributed by atoms with Crippen LogP contribution in [0.25, 0.3) is 0 Å². The van der Waals surface area contributed by atoms with Crippen LogP contribution >= 0.6 is 15.9 Å². The molecule has 2 rings (SSSR count). The Balaban J connectivity index is 1.99. The van der Waals surface area contributed by atoms with Crippen LogP contribution in [0.1, 0.15) is 42.1 Å². The second kappa shape index (κ2) is 8.64. The molecule has 2 N–H and O–H groups in total. The van der Waals surface area contributed by atoms with Crippen LogP contribution < -0.4 is 10.6 Å². The first kappa shape index (κ1) is 18.2. The molecule has 24 heavy (non-hydrogen) atoms. The number of nitrogens with one attached hydrogen (secondary N) is 2. The van der Waals surface area contributed by atoms with Gasteiger partial charge in [-0.15, -0.1) is 0 Å². The molecule has 0 aliphatic heterocycles. The minimum atomic E-state index is -0.177. The number of anilines is 2. The monoisotopic (exact) mass is 388 g/mol. The predicted molar refractivity (Wildman–Crippen MR) is 101 cm³/mol. The Labute approximate surface area is 150 Å². The van der Waals surface area contributed by atoms with Gasteiger partial charge >= 0.3 is 0 Å². The van der Waals surface area contributed by atoms with Crippen molar-refractivity contribution >= 4 is 39.1 Å². The lowest BCUT2D eigenvalue weighted by atomic mass is 10.1. The van der Waals surface area contributed by atoms with Crippen molar-refractivity contribution in [1.29, 1.82) is 0 Å². The fourth-order valence-corrected chi connectivity index (χ4v) is 2.70. The van der Waals surface area contributed by atoms with Gasteiger partial charge in [-0.3, -0.25) is 9.59 Å². The Morgan fingerprint density at radius 1 is 1.04 bits per heavy atom. The highest BCUT2D eigenvalue weighted by molar-refractivity contribution is 9.10. The molecule has 0 saturated carbocycles. The van der Waals surface area contributed by atoms with Gasteiger partial charge in [0.2, 0.25) is 5.91 Å². The lowest BCUT2D eigenvalue weighted by Crippen LogP contribution is -2.14. The number of carbonyl (C=O) groups is 2. The van der Waals surface area contributed by atoms with Gasteiger partial charge in [0.15, 0.2) is 0 Å². The summed E-state index contributed by atoms with van der Waals surface area (Å²) in [6.07, 6.45) is 2.38. The minimum Gasteiger partial charge on any atom is -0.326 e. The maximum absolute atomic E-state index is 12.3. The van der Waals surface area contributed by atoms with Crippen LogP contribution in [-0.2, 0) is 4.79 Å². The highest BCUT2D eigenvalue weighted by Crippen LogP contribution is 2.21. The number of benzene rings is 2. The quantitative estimate of drug-likeness (QED) is 0.719. The average molecular weight is 389 g/mol. The second-order valence-electron chi connectivity index (χ2n) is 5.64. The fraction of sp³-hybridized carbons (Fsp3) is 0.263. The summed E-state index contributed by atoms with van der Waals surface area (Å²) < 4.78 is 0.973. The Kier molecular flexibility index (Phi) is 6.55. The van der Waals surface area contributed by atoms with Gasteiger partial charge < -0.3 is 10.6 Å². The van der Waals surface area contributed by atoms with Gasteiger partial charge in [-0.2, -0.15) is 0 Å². The Hall–Kier alpha value is -2.14. The lowest BCUT2D eigenvalue weighted by Gasteiger charge is -2.10. The van der Waals surface area contributed by atoms with Gasteiger partial charge in [0, 0.05) is 27.8 Å². The molecule has 5 heteroatoms. The van der Waals surface area contributed by atoms with Crippen molar-refractivity contribution in [3.05, 3.63) is 58.1 Å².